The number of rotatable bonds is 5. The van der Waals surface area contributed by atoms with Gasteiger partial charge < -0.3 is 19.8 Å². The lowest BCUT2D eigenvalue weighted by molar-refractivity contribution is -0.117. The van der Waals surface area contributed by atoms with E-state index in [2.05, 4.69) is 10.6 Å². The van der Waals surface area contributed by atoms with Gasteiger partial charge in [-0.2, -0.15) is 0 Å². The fourth-order valence-corrected chi connectivity index (χ4v) is 2.27. The van der Waals surface area contributed by atoms with Crippen LogP contribution in [0.1, 0.15) is 40.4 Å². The molecule has 1 heterocycles. The number of hydrogen-bond donors (Lipinski definition) is 2. The summed E-state index contributed by atoms with van der Waals surface area (Å²) < 4.78 is 10.8. The third-order valence-corrected chi connectivity index (χ3v) is 3.38. The molecule has 2 amide bonds. The van der Waals surface area contributed by atoms with Crippen molar-refractivity contribution in [3.63, 3.8) is 0 Å². The van der Waals surface area contributed by atoms with E-state index < -0.39 is 17.2 Å². The molecule has 26 heavy (non-hydrogen) atoms. The molecule has 0 bridgehead atoms. The molecule has 6 nitrogen and oxygen atoms in total. The Morgan fingerprint density at radius 2 is 1.85 bits per heavy atom. The van der Waals surface area contributed by atoms with Gasteiger partial charge in [0.15, 0.2) is 0 Å². The Morgan fingerprint density at radius 3 is 2.50 bits per heavy atom. The fraction of sp³-hybridized carbons (Fsp3) is 0.400. The van der Waals surface area contributed by atoms with Crippen LogP contribution in [0.5, 0.6) is 0 Å². The summed E-state index contributed by atoms with van der Waals surface area (Å²) in [4.78, 5) is 23.9. The average Bonchev–Trinajstić information content (AvgIpc) is 2.92. The predicted octanol–water partition coefficient (Wildman–Crippen LogP) is 3.87. The van der Waals surface area contributed by atoms with Crippen molar-refractivity contribution < 1.29 is 18.7 Å². The molecule has 2 N–H and O–H groups in total. The molecule has 140 valence electrons. The molecule has 0 unspecified atom stereocenters. The first-order valence-corrected chi connectivity index (χ1v) is 8.50. The Hall–Kier alpha value is -2.76. The maximum atomic E-state index is 12.1. The van der Waals surface area contributed by atoms with E-state index in [1.54, 1.807) is 26.8 Å². The molecule has 2 rings (SSSR count). The quantitative estimate of drug-likeness (QED) is 0.795. The van der Waals surface area contributed by atoms with Crippen LogP contribution in [0.3, 0.4) is 0 Å². The molecule has 0 atom stereocenters. The van der Waals surface area contributed by atoms with Gasteiger partial charge >= 0.3 is 6.09 Å². The molecule has 0 aliphatic heterocycles. The van der Waals surface area contributed by atoms with Gasteiger partial charge in [-0.3, -0.25) is 4.79 Å². The molecule has 0 saturated heterocycles. The lowest BCUT2D eigenvalue weighted by atomic mass is 10.1. The monoisotopic (exact) mass is 358 g/mol. The van der Waals surface area contributed by atoms with E-state index in [-0.39, 0.29) is 12.5 Å². The topological polar surface area (TPSA) is 80.6 Å². The first kappa shape index (κ1) is 19.6. The number of fused-ring (bicyclic) bond motifs is 1. The van der Waals surface area contributed by atoms with Gasteiger partial charge in [0.05, 0.1) is 5.54 Å². The highest BCUT2D eigenvalue weighted by atomic mass is 16.6. The van der Waals surface area contributed by atoms with Crippen LogP contribution in [-0.2, 0) is 9.53 Å². The smallest absolute Gasteiger partial charge is 0.407 e. The van der Waals surface area contributed by atoms with Crippen LogP contribution >= 0.6 is 0 Å². The Balaban J connectivity index is 1.87. The van der Waals surface area contributed by atoms with E-state index in [0.29, 0.717) is 5.76 Å². The number of benzene rings is 1. The Labute approximate surface area is 153 Å². The number of carbonyl (C=O) groups excluding carboxylic acids is 2. The van der Waals surface area contributed by atoms with Crippen LogP contribution in [0.15, 0.2) is 40.8 Å². The first-order chi connectivity index (χ1) is 12.0. The van der Waals surface area contributed by atoms with E-state index in [0.717, 1.165) is 11.0 Å². The molecule has 6 heteroatoms. The summed E-state index contributed by atoms with van der Waals surface area (Å²) in [6.07, 6.45) is 2.51. The zero-order valence-electron chi connectivity index (χ0n) is 15.9. The van der Waals surface area contributed by atoms with Crippen LogP contribution in [-0.4, -0.2) is 29.7 Å². The third-order valence-electron chi connectivity index (χ3n) is 3.38. The van der Waals surface area contributed by atoms with Gasteiger partial charge in [0, 0.05) is 18.0 Å². The van der Waals surface area contributed by atoms with Crippen molar-refractivity contribution in [2.24, 2.45) is 0 Å². The van der Waals surface area contributed by atoms with E-state index in [4.69, 9.17) is 9.15 Å². The van der Waals surface area contributed by atoms with Crippen LogP contribution in [0, 0.1) is 0 Å². The summed E-state index contributed by atoms with van der Waals surface area (Å²) in [5.41, 5.74) is -0.423. The highest BCUT2D eigenvalue weighted by Gasteiger charge is 2.22. The number of alkyl carbamates (subject to hydrolysis) is 1. The molecule has 0 fully saturated rings. The van der Waals surface area contributed by atoms with Crippen molar-refractivity contribution in [3.05, 3.63) is 42.2 Å². The SMILES string of the molecule is CC(C)(CNC(=O)OC(C)(C)C)NC(=O)C=Cc1cc2ccccc2o1. The summed E-state index contributed by atoms with van der Waals surface area (Å²) in [6, 6.07) is 9.51. The minimum atomic E-state index is -0.633. The molecule has 1 aromatic carbocycles. The van der Waals surface area contributed by atoms with Crippen molar-refractivity contribution in [1.82, 2.24) is 10.6 Å². The normalized spacial score (nSPS) is 12.3. The average molecular weight is 358 g/mol. The highest BCUT2D eigenvalue weighted by molar-refractivity contribution is 5.92. The summed E-state index contributed by atoms with van der Waals surface area (Å²) >= 11 is 0. The van der Waals surface area contributed by atoms with E-state index in [1.165, 1.54) is 6.08 Å². The van der Waals surface area contributed by atoms with Gasteiger partial charge in [-0.1, -0.05) is 18.2 Å². The van der Waals surface area contributed by atoms with Gasteiger partial charge in [-0.25, -0.2) is 4.79 Å². The Morgan fingerprint density at radius 1 is 1.15 bits per heavy atom. The lowest BCUT2D eigenvalue weighted by Gasteiger charge is -2.27. The first-order valence-electron chi connectivity index (χ1n) is 8.50. The second-order valence-corrected chi connectivity index (χ2v) is 7.75. The largest absolute Gasteiger partial charge is 0.457 e. The van der Waals surface area contributed by atoms with Gasteiger partial charge in [-0.15, -0.1) is 0 Å². The molecule has 0 aliphatic carbocycles. The van der Waals surface area contributed by atoms with E-state index in [1.807, 2.05) is 44.2 Å². The van der Waals surface area contributed by atoms with Gasteiger partial charge in [0.1, 0.15) is 16.9 Å². The predicted molar refractivity (Wildman–Crippen MR) is 102 cm³/mol. The minimum Gasteiger partial charge on any atom is -0.457 e. The molecular weight excluding hydrogens is 332 g/mol. The molecule has 0 radical (unpaired) electrons. The van der Waals surface area contributed by atoms with Gasteiger partial charge in [0.25, 0.3) is 0 Å². The van der Waals surface area contributed by atoms with Crippen LogP contribution in [0.2, 0.25) is 0 Å². The third kappa shape index (κ3) is 6.27. The van der Waals surface area contributed by atoms with E-state index >= 15 is 0 Å². The fourth-order valence-electron chi connectivity index (χ4n) is 2.27. The van der Waals surface area contributed by atoms with Crippen molar-refractivity contribution in [3.8, 4) is 0 Å². The maximum absolute atomic E-state index is 12.1. The molecule has 0 aliphatic rings. The second kappa shape index (κ2) is 7.64. The Bertz CT molecular complexity index is 780. The number of amides is 2. The summed E-state index contributed by atoms with van der Waals surface area (Å²) in [5.74, 6) is 0.326. The van der Waals surface area contributed by atoms with Crippen molar-refractivity contribution in [2.75, 3.05) is 6.54 Å². The number of furan rings is 1. The molecule has 1 aromatic heterocycles. The number of nitrogens with one attached hydrogen (secondary N) is 2. The van der Waals surface area contributed by atoms with Gasteiger partial charge in [0.2, 0.25) is 5.91 Å². The lowest BCUT2D eigenvalue weighted by Crippen LogP contribution is -2.51. The molecular formula is C20H26N2O4. The molecule has 2 aromatic rings. The summed E-state index contributed by atoms with van der Waals surface area (Å²) in [5, 5.41) is 6.48. The maximum Gasteiger partial charge on any atom is 0.407 e. The number of hydrogen-bond acceptors (Lipinski definition) is 4. The van der Waals surface area contributed by atoms with Crippen LogP contribution in [0.4, 0.5) is 4.79 Å². The van der Waals surface area contributed by atoms with Crippen LogP contribution in [0.25, 0.3) is 17.0 Å². The van der Waals surface area contributed by atoms with Crippen LogP contribution < -0.4 is 10.6 Å². The van der Waals surface area contributed by atoms with Gasteiger partial charge in [-0.05, 0) is 52.8 Å². The van der Waals surface area contributed by atoms with Crippen molar-refractivity contribution >= 4 is 29.0 Å². The zero-order chi connectivity index (χ0) is 19.4. The van der Waals surface area contributed by atoms with Crippen molar-refractivity contribution in [2.45, 2.75) is 45.8 Å². The standard InChI is InChI=1S/C20H26N2O4/c1-19(2,3)26-18(24)21-13-20(4,5)22-17(23)11-10-15-12-14-8-6-7-9-16(14)25-15/h6-12H,13H2,1-5H3,(H,21,24)(H,22,23). The zero-order valence-corrected chi connectivity index (χ0v) is 15.9. The number of ether oxygens (including phenoxy) is 1. The summed E-state index contributed by atoms with van der Waals surface area (Å²) in [6.45, 7) is 9.26. The second-order valence-electron chi connectivity index (χ2n) is 7.75. The Kier molecular flexibility index (Phi) is 5.75. The van der Waals surface area contributed by atoms with E-state index in [9.17, 15) is 9.59 Å². The highest BCUT2D eigenvalue weighted by Crippen LogP contribution is 2.19. The van der Waals surface area contributed by atoms with Crippen molar-refractivity contribution in [1.29, 1.82) is 0 Å². The molecule has 0 saturated carbocycles. The summed E-state index contributed by atoms with van der Waals surface area (Å²) in [7, 11) is 0. The number of para-hydroxylation sites is 1. The minimum absolute atomic E-state index is 0.242. The number of carbonyl (C=O) groups is 2. The molecule has 0 spiro atoms.